The van der Waals surface area contributed by atoms with Crippen molar-refractivity contribution in [2.75, 3.05) is 6.61 Å². The second kappa shape index (κ2) is 15.8. The Morgan fingerprint density at radius 2 is 1.54 bits per heavy atom. The molecular formula is C42H60O8. The maximum absolute atomic E-state index is 11.3. The Morgan fingerprint density at radius 3 is 2.22 bits per heavy atom. The van der Waals surface area contributed by atoms with Gasteiger partial charge in [0.05, 0.1) is 60.5 Å². The molecular weight excluding hydrogens is 632 g/mol. The summed E-state index contributed by atoms with van der Waals surface area (Å²) in [6.07, 6.45) is 2.99. The molecule has 4 aliphatic heterocycles. The number of hydrogen-bond donors (Lipinski definition) is 2. The lowest BCUT2D eigenvalue weighted by molar-refractivity contribution is -0.349. The third kappa shape index (κ3) is 8.24. The van der Waals surface area contributed by atoms with Gasteiger partial charge in [0.15, 0.2) is 0 Å². The third-order valence-electron chi connectivity index (χ3n) is 12.1. The van der Waals surface area contributed by atoms with Gasteiger partial charge in [-0.15, -0.1) is 6.58 Å². The summed E-state index contributed by atoms with van der Waals surface area (Å²) < 4.78 is 40.5. The van der Waals surface area contributed by atoms with Crippen LogP contribution in [0.25, 0.3) is 0 Å². The van der Waals surface area contributed by atoms with Gasteiger partial charge >= 0.3 is 0 Å². The first-order valence-corrected chi connectivity index (χ1v) is 18.9. The van der Waals surface area contributed by atoms with Crippen LogP contribution in [0.15, 0.2) is 73.3 Å². The van der Waals surface area contributed by atoms with E-state index in [0.717, 1.165) is 24.0 Å². The Kier molecular flexibility index (Phi) is 11.9. The average molecular weight is 693 g/mol. The Bertz CT molecular complexity index is 1370. The number of rotatable bonds is 15. The minimum Gasteiger partial charge on any atom is -0.390 e. The van der Waals surface area contributed by atoms with E-state index in [0.29, 0.717) is 57.8 Å². The van der Waals surface area contributed by atoms with Gasteiger partial charge in [0.25, 0.3) is 0 Å². The van der Waals surface area contributed by atoms with Crippen LogP contribution in [-0.2, 0) is 41.6 Å². The molecule has 50 heavy (non-hydrogen) atoms. The number of fused-ring (bicyclic) bond motifs is 3. The van der Waals surface area contributed by atoms with Crippen molar-refractivity contribution in [3.8, 4) is 0 Å². The minimum absolute atomic E-state index is 0.208. The SMILES string of the molecule is C=CC[C@H](C)[C@H](C)C[C@@H](O)[C@H](O)[C@@H]1CC[C@@]2(C)O[C@@]3(C)C[C@@]4(C)O[C@@H](CCOCc5ccccc5)[C@@H](OCc5ccccc5)[C@@H]4O[C@@H]3C[C@@H]2O1. The molecule has 0 spiro atoms. The Morgan fingerprint density at radius 1 is 0.880 bits per heavy atom. The molecule has 4 saturated heterocycles. The van der Waals surface area contributed by atoms with Gasteiger partial charge in [-0.3, -0.25) is 0 Å². The number of aliphatic hydroxyl groups is 2. The summed E-state index contributed by atoms with van der Waals surface area (Å²) in [6.45, 7) is 16.1. The number of hydrogen-bond acceptors (Lipinski definition) is 8. The summed E-state index contributed by atoms with van der Waals surface area (Å²) >= 11 is 0. The molecule has 8 heteroatoms. The van der Waals surface area contributed by atoms with Gasteiger partial charge in [0.2, 0.25) is 0 Å². The van der Waals surface area contributed by atoms with Gasteiger partial charge in [0.1, 0.15) is 18.3 Å². The van der Waals surface area contributed by atoms with Crippen LogP contribution in [0.4, 0.5) is 0 Å². The van der Waals surface area contributed by atoms with Crippen molar-refractivity contribution in [1.82, 2.24) is 0 Å². The molecule has 2 aromatic carbocycles. The van der Waals surface area contributed by atoms with Gasteiger partial charge in [0, 0.05) is 19.4 Å². The molecule has 0 saturated carbocycles. The highest BCUT2D eigenvalue weighted by Crippen LogP contribution is 2.54. The van der Waals surface area contributed by atoms with E-state index in [-0.39, 0.29) is 36.4 Å². The van der Waals surface area contributed by atoms with E-state index in [1.54, 1.807) is 0 Å². The normalized spacial score (nSPS) is 37.5. The highest BCUT2D eigenvalue weighted by atomic mass is 16.7. The zero-order chi connectivity index (χ0) is 35.5. The van der Waals surface area contributed by atoms with Crippen molar-refractivity contribution in [2.45, 2.75) is 158 Å². The molecule has 13 atom stereocenters. The van der Waals surface area contributed by atoms with Crippen molar-refractivity contribution in [1.29, 1.82) is 0 Å². The Labute approximate surface area is 299 Å². The van der Waals surface area contributed by atoms with Crippen LogP contribution in [0, 0.1) is 11.8 Å². The van der Waals surface area contributed by atoms with E-state index < -0.39 is 35.1 Å². The molecule has 4 aliphatic rings. The van der Waals surface area contributed by atoms with E-state index in [2.05, 4.69) is 65.5 Å². The largest absolute Gasteiger partial charge is 0.390 e. The van der Waals surface area contributed by atoms with Gasteiger partial charge in [-0.25, -0.2) is 0 Å². The Hall–Kier alpha value is -2.14. The molecule has 4 heterocycles. The van der Waals surface area contributed by atoms with Gasteiger partial charge < -0.3 is 38.6 Å². The van der Waals surface area contributed by atoms with E-state index >= 15 is 0 Å². The highest BCUT2D eigenvalue weighted by molar-refractivity contribution is 5.17. The predicted octanol–water partition coefficient (Wildman–Crippen LogP) is 6.94. The van der Waals surface area contributed by atoms with Crippen LogP contribution in [0.2, 0.25) is 0 Å². The van der Waals surface area contributed by atoms with Crippen LogP contribution < -0.4 is 0 Å². The number of allylic oxidation sites excluding steroid dienone is 1. The predicted molar refractivity (Wildman–Crippen MR) is 192 cm³/mol. The smallest absolute Gasteiger partial charge is 0.115 e. The third-order valence-corrected chi connectivity index (χ3v) is 12.1. The summed E-state index contributed by atoms with van der Waals surface area (Å²) in [7, 11) is 0. The van der Waals surface area contributed by atoms with Crippen LogP contribution in [0.1, 0.15) is 90.7 Å². The van der Waals surface area contributed by atoms with Gasteiger partial charge in [-0.1, -0.05) is 80.6 Å². The standard InChI is InChI=1S/C42H60O8/c1-7-14-28(2)29(3)23-32(43)37(44)33-19-21-40(4)35(47-33)24-36-41(5,50-40)27-42(6)39(48-36)38(46-26-31-17-12-9-13-18-31)34(49-42)20-22-45-25-30-15-10-8-11-16-30/h7-13,15-18,28-29,32-39,43-44H,1,14,19-27H2,2-6H3/t28-,29+,32+,33-,34-,35-,36+,37-,38+,39-,40+,41-,42+/m0/s1. The van der Waals surface area contributed by atoms with Crippen molar-refractivity contribution in [3.63, 3.8) is 0 Å². The molecule has 2 aromatic rings. The molecule has 276 valence electrons. The monoisotopic (exact) mass is 692 g/mol. The van der Waals surface area contributed by atoms with E-state index in [1.165, 1.54) is 0 Å². The second-order valence-electron chi connectivity index (χ2n) is 16.2. The van der Waals surface area contributed by atoms with Crippen molar-refractivity contribution in [3.05, 3.63) is 84.4 Å². The molecule has 8 nitrogen and oxygen atoms in total. The lowest BCUT2D eigenvalue weighted by Gasteiger charge is -2.60. The Balaban J connectivity index is 1.14. The van der Waals surface area contributed by atoms with Crippen LogP contribution in [0.5, 0.6) is 0 Å². The molecule has 0 unspecified atom stereocenters. The minimum atomic E-state index is -0.967. The molecule has 0 radical (unpaired) electrons. The summed E-state index contributed by atoms with van der Waals surface area (Å²) in [5, 5.41) is 22.3. The molecule has 0 aliphatic carbocycles. The molecule has 2 N–H and O–H groups in total. The maximum atomic E-state index is 11.3. The average Bonchev–Trinajstić information content (AvgIpc) is 3.36. The number of benzene rings is 2. The zero-order valence-electron chi connectivity index (χ0n) is 30.7. The van der Waals surface area contributed by atoms with E-state index in [9.17, 15) is 10.2 Å². The summed E-state index contributed by atoms with van der Waals surface area (Å²) in [6, 6.07) is 20.4. The fraction of sp³-hybridized carbons (Fsp3) is 0.667. The molecule has 0 amide bonds. The van der Waals surface area contributed by atoms with Crippen LogP contribution in [-0.4, -0.2) is 82.5 Å². The first-order valence-electron chi connectivity index (χ1n) is 18.9. The number of ether oxygens (including phenoxy) is 6. The van der Waals surface area contributed by atoms with E-state index in [1.807, 2.05) is 42.5 Å². The van der Waals surface area contributed by atoms with Gasteiger partial charge in [-0.05, 0) is 75.8 Å². The molecule has 4 fully saturated rings. The topological polar surface area (TPSA) is 95.8 Å². The second-order valence-corrected chi connectivity index (χ2v) is 16.2. The van der Waals surface area contributed by atoms with Crippen LogP contribution in [0.3, 0.4) is 0 Å². The zero-order valence-corrected chi connectivity index (χ0v) is 30.7. The quantitative estimate of drug-likeness (QED) is 0.153. The summed E-state index contributed by atoms with van der Waals surface area (Å²) in [4.78, 5) is 0. The molecule has 0 bridgehead atoms. The fourth-order valence-corrected chi connectivity index (χ4v) is 8.98. The molecule has 6 rings (SSSR count). The lowest BCUT2D eigenvalue weighted by Crippen LogP contribution is -2.70. The maximum Gasteiger partial charge on any atom is 0.115 e. The molecule has 0 aromatic heterocycles. The fourth-order valence-electron chi connectivity index (χ4n) is 8.98. The van der Waals surface area contributed by atoms with Crippen molar-refractivity contribution >= 4 is 0 Å². The first kappa shape index (κ1) is 37.6. The van der Waals surface area contributed by atoms with Gasteiger partial charge in [-0.2, -0.15) is 0 Å². The van der Waals surface area contributed by atoms with E-state index in [4.69, 9.17) is 28.4 Å². The van der Waals surface area contributed by atoms with Crippen molar-refractivity contribution < 1.29 is 38.6 Å². The van der Waals surface area contributed by atoms with Crippen LogP contribution >= 0.6 is 0 Å². The first-order chi connectivity index (χ1) is 23.9. The summed E-state index contributed by atoms with van der Waals surface area (Å²) in [5.41, 5.74) is 0.493. The highest BCUT2D eigenvalue weighted by Gasteiger charge is 2.66. The summed E-state index contributed by atoms with van der Waals surface area (Å²) in [5.74, 6) is 0.630. The number of aliphatic hydroxyl groups excluding tert-OH is 2. The van der Waals surface area contributed by atoms with Crippen molar-refractivity contribution in [2.24, 2.45) is 11.8 Å². The lowest BCUT2D eigenvalue weighted by atomic mass is 9.71.